The van der Waals surface area contributed by atoms with Crippen molar-refractivity contribution in [3.05, 3.63) is 65.2 Å². The van der Waals surface area contributed by atoms with Crippen LogP contribution in [-0.4, -0.2) is 55.0 Å². The smallest absolute Gasteiger partial charge is 0.272 e. The summed E-state index contributed by atoms with van der Waals surface area (Å²) in [6, 6.07) is 15.8. The standard InChI is InChI=1S/C25H32N6O2/c1-30(28-12-11-26)25(33)22-20-16-19(23(27)32)7-8-21(20)29-24(22)31-13-9-18(10-14-31)15-17-5-3-2-4-6-17/h2-8,16,18,28-29H,9-15,26H2,1H3,(H2,27,32). The zero-order valence-electron chi connectivity index (χ0n) is 19.0. The molecule has 1 saturated heterocycles. The Hall–Kier alpha value is -3.36. The summed E-state index contributed by atoms with van der Waals surface area (Å²) in [6.07, 6.45) is 3.16. The fraction of sp³-hybridized carbons (Fsp3) is 0.360. The molecule has 6 N–H and O–H groups in total. The number of hydrogen-bond acceptors (Lipinski definition) is 5. The van der Waals surface area contributed by atoms with Crippen molar-refractivity contribution in [3.63, 3.8) is 0 Å². The highest BCUT2D eigenvalue weighted by molar-refractivity contribution is 6.13. The Labute approximate surface area is 193 Å². The molecule has 2 aromatic carbocycles. The van der Waals surface area contributed by atoms with E-state index in [9.17, 15) is 9.59 Å². The molecule has 174 valence electrons. The van der Waals surface area contributed by atoms with Gasteiger partial charge in [0.1, 0.15) is 5.82 Å². The minimum Gasteiger partial charge on any atom is -0.366 e. The number of primary amides is 1. The molecular formula is C25H32N6O2. The van der Waals surface area contributed by atoms with Crippen molar-refractivity contribution < 1.29 is 9.59 Å². The van der Waals surface area contributed by atoms with Gasteiger partial charge in [-0.15, -0.1) is 0 Å². The number of nitrogens with one attached hydrogen (secondary N) is 2. The van der Waals surface area contributed by atoms with Gasteiger partial charge in [-0.1, -0.05) is 30.3 Å². The van der Waals surface area contributed by atoms with Crippen LogP contribution in [0.25, 0.3) is 10.9 Å². The number of anilines is 1. The average Bonchev–Trinajstić information content (AvgIpc) is 3.21. The summed E-state index contributed by atoms with van der Waals surface area (Å²) in [6.45, 7) is 2.61. The number of nitrogens with zero attached hydrogens (tertiary/aromatic N) is 2. The predicted molar refractivity (Wildman–Crippen MR) is 131 cm³/mol. The van der Waals surface area contributed by atoms with E-state index in [4.69, 9.17) is 11.5 Å². The first-order chi connectivity index (χ1) is 16.0. The topological polar surface area (TPSA) is 120 Å². The highest BCUT2D eigenvalue weighted by Gasteiger charge is 2.28. The number of carbonyl (C=O) groups excluding carboxylic acids is 2. The summed E-state index contributed by atoms with van der Waals surface area (Å²) in [4.78, 5) is 30.9. The lowest BCUT2D eigenvalue weighted by molar-refractivity contribution is 0.0721. The molecule has 33 heavy (non-hydrogen) atoms. The van der Waals surface area contributed by atoms with E-state index in [-0.39, 0.29) is 5.91 Å². The highest BCUT2D eigenvalue weighted by atomic mass is 16.2. The molecular weight excluding hydrogens is 416 g/mol. The van der Waals surface area contributed by atoms with E-state index in [1.807, 2.05) is 12.1 Å². The van der Waals surface area contributed by atoms with E-state index in [2.05, 4.69) is 39.6 Å². The number of aromatic nitrogens is 1. The molecule has 0 spiro atoms. The molecule has 0 radical (unpaired) electrons. The van der Waals surface area contributed by atoms with Crippen molar-refractivity contribution in [2.75, 3.05) is 38.1 Å². The molecule has 0 aliphatic carbocycles. The highest BCUT2D eigenvalue weighted by Crippen LogP contribution is 2.33. The van der Waals surface area contributed by atoms with Crippen LogP contribution in [-0.2, 0) is 6.42 Å². The molecule has 0 atom stereocenters. The molecule has 1 aromatic heterocycles. The van der Waals surface area contributed by atoms with E-state index in [1.165, 1.54) is 10.6 Å². The molecule has 2 heterocycles. The Kier molecular flexibility index (Phi) is 6.96. The van der Waals surface area contributed by atoms with Gasteiger partial charge in [-0.2, -0.15) is 0 Å². The van der Waals surface area contributed by atoms with Gasteiger partial charge in [-0.25, -0.2) is 5.43 Å². The minimum absolute atomic E-state index is 0.183. The molecule has 0 bridgehead atoms. The number of nitrogens with two attached hydrogens (primary N) is 2. The monoisotopic (exact) mass is 448 g/mol. The van der Waals surface area contributed by atoms with Gasteiger partial charge in [-0.05, 0) is 48.9 Å². The van der Waals surface area contributed by atoms with Crippen molar-refractivity contribution in [2.45, 2.75) is 19.3 Å². The maximum Gasteiger partial charge on any atom is 0.272 e. The third kappa shape index (κ3) is 5.02. The van der Waals surface area contributed by atoms with Crippen molar-refractivity contribution in [1.29, 1.82) is 0 Å². The predicted octanol–water partition coefficient (Wildman–Crippen LogP) is 2.26. The van der Waals surface area contributed by atoms with Crippen LogP contribution in [0, 0.1) is 5.92 Å². The molecule has 1 aliphatic heterocycles. The molecule has 1 fully saturated rings. The van der Waals surface area contributed by atoms with E-state index in [1.54, 1.807) is 19.2 Å². The number of amides is 2. The lowest BCUT2D eigenvalue weighted by Crippen LogP contribution is -2.43. The third-order valence-corrected chi connectivity index (χ3v) is 6.37. The van der Waals surface area contributed by atoms with Crippen LogP contribution < -0.4 is 21.8 Å². The Balaban J connectivity index is 1.61. The molecule has 0 saturated carbocycles. The van der Waals surface area contributed by atoms with Gasteiger partial charge in [-0.3, -0.25) is 14.6 Å². The average molecular weight is 449 g/mol. The summed E-state index contributed by atoms with van der Waals surface area (Å²) in [5, 5.41) is 2.15. The normalized spacial score (nSPS) is 14.5. The van der Waals surface area contributed by atoms with Gasteiger partial charge >= 0.3 is 0 Å². The van der Waals surface area contributed by atoms with Gasteiger partial charge in [0.2, 0.25) is 5.91 Å². The van der Waals surface area contributed by atoms with Gasteiger partial charge in [0.05, 0.1) is 5.56 Å². The number of benzene rings is 2. The number of hydrazine groups is 1. The van der Waals surface area contributed by atoms with E-state index in [0.29, 0.717) is 35.5 Å². The van der Waals surface area contributed by atoms with Crippen LogP contribution in [0.2, 0.25) is 0 Å². The number of aromatic amines is 1. The minimum atomic E-state index is -0.519. The molecule has 1 aliphatic rings. The maximum atomic E-state index is 13.4. The number of hydrogen-bond donors (Lipinski definition) is 4. The molecule has 2 amide bonds. The van der Waals surface area contributed by atoms with Crippen molar-refractivity contribution >= 4 is 28.5 Å². The first kappa shape index (κ1) is 22.8. The first-order valence-electron chi connectivity index (χ1n) is 11.4. The molecule has 3 aromatic rings. The number of fused-ring (bicyclic) bond motifs is 1. The summed E-state index contributed by atoms with van der Waals surface area (Å²) in [5.74, 6) is 0.700. The second-order valence-electron chi connectivity index (χ2n) is 8.65. The number of piperidine rings is 1. The zero-order chi connectivity index (χ0) is 23.4. The number of H-pyrrole nitrogens is 1. The van der Waals surface area contributed by atoms with Gasteiger partial charge < -0.3 is 21.4 Å². The largest absolute Gasteiger partial charge is 0.366 e. The van der Waals surface area contributed by atoms with Crippen molar-refractivity contribution in [2.24, 2.45) is 17.4 Å². The van der Waals surface area contributed by atoms with Crippen LogP contribution in [0.15, 0.2) is 48.5 Å². The Bertz CT molecular complexity index is 1120. The number of carbonyl (C=O) groups is 2. The van der Waals surface area contributed by atoms with Gasteiger partial charge in [0, 0.05) is 49.7 Å². The zero-order valence-corrected chi connectivity index (χ0v) is 19.0. The second kappa shape index (κ2) is 10.1. The fourth-order valence-electron chi connectivity index (χ4n) is 4.56. The lowest BCUT2D eigenvalue weighted by Gasteiger charge is -2.33. The summed E-state index contributed by atoms with van der Waals surface area (Å²) in [7, 11) is 1.69. The van der Waals surface area contributed by atoms with Gasteiger partial charge in [0.25, 0.3) is 5.91 Å². The summed E-state index contributed by atoms with van der Waals surface area (Å²) in [5.41, 5.74) is 17.2. The SMILES string of the molecule is CN(NCCN)C(=O)c1c(N2CCC(Cc3ccccc3)CC2)[nH]c2ccc(C(N)=O)cc12. The van der Waals surface area contributed by atoms with Crippen molar-refractivity contribution in [3.8, 4) is 0 Å². The molecule has 8 nitrogen and oxygen atoms in total. The van der Waals surface area contributed by atoms with Crippen molar-refractivity contribution in [1.82, 2.24) is 15.4 Å². The van der Waals surface area contributed by atoms with Gasteiger partial charge in [0.15, 0.2) is 0 Å². The van der Waals surface area contributed by atoms with Crippen LogP contribution in [0.3, 0.4) is 0 Å². The number of rotatable bonds is 8. The maximum absolute atomic E-state index is 13.4. The first-order valence-corrected chi connectivity index (χ1v) is 11.4. The molecule has 8 heteroatoms. The summed E-state index contributed by atoms with van der Waals surface area (Å²) >= 11 is 0. The van der Waals surface area contributed by atoms with E-state index < -0.39 is 5.91 Å². The van der Waals surface area contributed by atoms with Crippen LogP contribution >= 0.6 is 0 Å². The molecule has 4 rings (SSSR count). The lowest BCUT2D eigenvalue weighted by atomic mass is 9.90. The van der Waals surface area contributed by atoms with Crippen LogP contribution in [0.4, 0.5) is 5.82 Å². The molecule has 0 unspecified atom stereocenters. The fourth-order valence-corrected chi connectivity index (χ4v) is 4.56. The Morgan fingerprint density at radius 1 is 1.15 bits per heavy atom. The van der Waals surface area contributed by atoms with Crippen LogP contribution in [0.1, 0.15) is 39.1 Å². The summed E-state index contributed by atoms with van der Waals surface area (Å²) < 4.78 is 0. The Morgan fingerprint density at radius 3 is 2.55 bits per heavy atom. The van der Waals surface area contributed by atoms with E-state index >= 15 is 0 Å². The third-order valence-electron chi connectivity index (χ3n) is 6.37. The van der Waals surface area contributed by atoms with E-state index in [0.717, 1.165) is 43.7 Å². The second-order valence-corrected chi connectivity index (χ2v) is 8.65. The Morgan fingerprint density at radius 2 is 1.88 bits per heavy atom. The van der Waals surface area contributed by atoms with Crippen LogP contribution in [0.5, 0.6) is 0 Å². The quantitative estimate of drug-likeness (QED) is 0.394.